The van der Waals surface area contributed by atoms with Gasteiger partial charge in [0.1, 0.15) is 5.82 Å². The average Bonchev–Trinajstić information content (AvgIpc) is 2.66. The number of nitrogens with two attached hydrogens (primary N) is 1. The minimum Gasteiger partial charge on any atom is -0.330 e. The van der Waals surface area contributed by atoms with Crippen LogP contribution in [0.4, 0.5) is 4.39 Å². The fourth-order valence-corrected chi connectivity index (χ4v) is 2.87. The lowest BCUT2D eigenvalue weighted by molar-refractivity contribution is 0.509. The maximum atomic E-state index is 12.9. The SMILES string of the molecule is Cc1nn(C)c(CC(CN)Cc2ccc(F)cc2)c1Br. The molecule has 1 aromatic carbocycles. The van der Waals surface area contributed by atoms with E-state index in [2.05, 4.69) is 21.0 Å². The van der Waals surface area contributed by atoms with Gasteiger partial charge in [-0.3, -0.25) is 4.68 Å². The molecule has 1 heterocycles. The summed E-state index contributed by atoms with van der Waals surface area (Å²) in [4.78, 5) is 0. The molecule has 0 spiro atoms. The van der Waals surface area contributed by atoms with Crippen LogP contribution in [0.2, 0.25) is 0 Å². The molecule has 0 aliphatic carbocycles. The van der Waals surface area contributed by atoms with Crippen LogP contribution >= 0.6 is 15.9 Å². The molecule has 2 N–H and O–H groups in total. The van der Waals surface area contributed by atoms with Crippen molar-refractivity contribution in [2.75, 3.05) is 6.54 Å². The number of nitrogens with zero attached hydrogens (tertiary/aromatic N) is 2. The van der Waals surface area contributed by atoms with Gasteiger partial charge in [0.05, 0.1) is 15.9 Å². The highest BCUT2D eigenvalue weighted by Gasteiger charge is 2.16. The van der Waals surface area contributed by atoms with Crippen molar-refractivity contribution >= 4 is 15.9 Å². The Balaban J connectivity index is 2.11. The Bertz CT molecular complexity index is 578. The standard InChI is InChI=1S/C15H19BrFN3/c1-10-15(16)14(20(2)19-10)8-12(9-18)7-11-3-5-13(17)6-4-11/h3-6,12H,7-9,18H2,1-2H3. The number of aryl methyl sites for hydroxylation is 2. The molecule has 0 bridgehead atoms. The van der Waals surface area contributed by atoms with Crippen molar-refractivity contribution in [3.05, 3.63) is 51.5 Å². The third-order valence-corrected chi connectivity index (χ3v) is 4.55. The van der Waals surface area contributed by atoms with Crippen molar-refractivity contribution in [1.29, 1.82) is 0 Å². The summed E-state index contributed by atoms with van der Waals surface area (Å²) < 4.78 is 15.9. The minimum absolute atomic E-state index is 0.206. The molecule has 0 aliphatic rings. The van der Waals surface area contributed by atoms with Crippen molar-refractivity contribution < 1.29 is 4.39 Å². The van der Waals surface area contributed by atoms with Crippen LogP contribution in [0.15, 0.2) is 28.7 Å². The molecular formula is C15H19BrFN3. The number of hydrogen-bond donors (Lipinski definition) is 1. The topological polar surface area (TPSA) is 43.8 Å². The second-order valence-electron chi connectivity index (χ2n) is 5.11. The predicted molar refractivity (Wildman–Crippen MR) is 82.0 cm³/mol. The lowest BCUT2D eigenvalue weighted by Gasteiger charge is -2.15. The Morgan fingerprint density at radius 1 is 1.30 bits per heavy atom. The summed E-state index contributed by atoms with van der Waals surface area (Å²) in [5.74, 6) is 0.106. The van der Waals surface area contributed by atoms with E-state index >= 15 is 0 Å². The molecule has 2 aromatic rings. The molecule has 1 unspecified atom stereocenters. The van der Waals surface area contributed by atoms with Gasteiger partial charge in [0, 0.05) is 7.05 Å². The largest absolute Gasteiger partial charge is 0.330 e. The molecular weight excluding hydrogens is 321 g/mol. The first-order valence-electron chi connectivity index (χ1n) is 6.63. The highest BCUT2D eigenvalue weighted by atomic mass is 79.9. The second-order valence-corrected chi connectivity index (χ2v) is 5.90. The first kappa shape index (κ1) is 15.2. The molecule has 1 aromatic heterocycles. The maximum absolute atomic E-state index is 12.9. The normalized spacial score (nSPS) is 12.7. The Hall–Kier alpha value is -1.20. The summed E-state index contributed by atoms with van der Waals surface area (Å²) in [6.45, 7) is 2.57. The van der Waals surface area contributed by atoms with Gasteiger partial charge < -0.3 is 5.73 Å². The van der Waals surface area contributed by atoms with Crippen LogP contribution in [0.1, 0.15) is 17.0 Å². The van der Waals surface area contributed by atoms with Gasteiger partial charge in [-0.2, -0.15) is 5.10 Å². The van der Waals surface area contributed by atoms with Gasteiger partial charge in [0.2, 0.25) is 0 Å². The van der Waals surface area contributed by atoms with E-state index in [0.29, 0.717) is 12.5 Å². The summed E-state index contributed by atoms with van der Waals surface area (Å²) in [5, 5.41) is 4.40. The van der Waals surface area contributed by atoms with Crippen LogP contribution in [-0.2, 0) is 19.9 Å². The van der Waals surface area contributed by atoms with Gasteiger partial charge in [-0.05, 0) is 65.9 Å². The summed E-state index contributed by atoms with van der Waals surface area (Å²) in [6, 6.07) is 6.63. The van der Waals surface area contributed by atoms with E-state index in [-0.39, 0.29) is 5.82 Å². The first-order valence-corrected chi connectivity index (χ1v) is 7.43. The van der Waals surface area contributed by atoms with Gasteiger partial charge in [-0.15, -0.1) is 0 Å². The van der Waals surface area contributed by atoms with E-state index < -0.39 is 0 Å². The zero-order valence-electron chi connectivity index (χ0n) is 11.7. The number of rotatable bonds is 5. The van der Waals surface area contributed by atoms with Crippen LogP contribution in [0, 0.1) is 18.7 Å². The van der Waals surface area contributed by atoms with Crippen LogP contribution in [0.5, 0.6) is 0 Å². The van der Waals surface area contributed by atoms with Crippen molar-refractivity contribution in [2.45, 2.75) is 19.8 Å². The highest BCUT2D eigenvalue weighted by Crippen LogP contribution is 2.24. The number of halogens is 2. The van der Waals surface area contributed by atoms with Gasteiger partial charge in [-0.1, -0.05) is 12.1 Å². The molecule has 0 saturated carbocycles. The number of benzene rings is 1. The molecule has 0 radical (unpaired) electrons. The molecule has 1 atom stereocenters. The second kappa shape index (κ2) is 6.50. The van der Waals surface area contributed by atoms with Crippen molar-refractivity contribution in [3.63, 3.8) is 0 Å². The van der Waals surface area contributed by atoms with E-state index in [4.69, 9.17) is 5.73 Å². The maximum Gasteiger partial charge on any atom is 0.123 e. The summed E-state index contributed by atoms with van der Waals surface area (Å²) in [7, 11) is 1.94. The van der Waals surface area contributed by atoms with E-state index in [0.717, 1.165) is 34.3 Å². The minimum atomic E-state index is -0.206. The van der Waals surface area contributed by atoms with Crippen LogP contribution in [0.25, 0.3) is 0 Å². The molecule has 108 valence electrons. The third-order valence-electron chi connectivity index (χ3n) is 3.51. The first-order chi connectivity index (χ1) is 9.51. The molecule has 5 heteroatoms. The molecule has 0 aliphatic heterocycles. The quantitative estimate of drug-likeness (QED) is 0.909. The summed E-state index contributed by atoms with van der Waals surface area (Å²) in [5.41, 5.74) is 9.13. The third kappa shape index (κ3) is 3.46. The monoisotopic (exact) mass is 339 g/mol. The molecule has 0 saturated heterocycles. The Morgan fingerprint density at radius 2 is 1.95 bits per heavy atom. The van der Waals surface area contributed by atoms with Gasteiger partial charge in [0.15, 0.2) is 0 Å². The van der Waals surface area contributed by atoms with Crippen LogP contribution in [-0.4, -0.2) is 16.3 Å². The van der Waals surface area contributed by atoms with E-state index in [1.807, 2.05) is 30.8 Å². The van der Waals surface area contributed by atoms with Crippen molar-refractivity contribution in [1.82, 2.24) is 9.78 Å². The summed E-state index contributed by atoms with van der Waals surface area (Å²) >= 11 is 3.58. The number of aromatic nitrogens is 2. The van der Waals surface area contributed by atoms with E-state index in [1.165, 1.54) is 12.1 Å². The fraction of sp³-hybridized carbons (Fsp3) is 0.400. The molecule has 3 nitrogen and oxygen atoms in total. The summed E-state index contributed by atoms with van der Waals surface area (Å²) in [6.07, 6.45) is 1.69. The average molecular weight is 340 g/mol. The molecule has 0 fully saturated rings. The van der Waals surface area contributed by atoms with Gasteiger partial charge >= 0.3 is 0 Å². The Morgan fingerprint density at radius 3 is 2.45 bits per heavy atom. The molecule has 2 rings (SSSR count). The van der Waals surface area contributed by atoms with E-state index in [9.17, 15) is 4.39 Å². The Kier molecular flexibility index (Phi) is 4.94. The zero-order valence-corrected chi connectivity index (χ0v) is 13.3. The van der Waals surface area contributed by atoms with Crippen molar-refractivity contribution in [3.8, 4) is 0 Å². The van der Waals surface area contributed by atoms with Gasteiger partial charge in [-0.25, -0.2) is 4.39 Å². The zero-order chi connectivity index (χ0) is 14.7. The van der Waals surface area contributed by atoms with Gasteiger partial charge in [0.25, 0.3) is 0 Å². The van der Waals surface area contributed by atoms with Crippen LogP contribution in [0.3, 0.4) is 0 Å². The molecule has 0 amide bonds. The van der Waals surface area contributed by atoms with E-state index in [1.54, 1.807) is 0 Å². The number of hydrogen-bond acceptors (Lipinski definition) is 2. The lowest BCUT2D eigenvalue weighted by Crippen LogP contribution is -2.20. The lowest BCUT2D eigenvalue weighted by atomic mass is 9.94. The van der Waals surface area contributed by atoms with Crippen LogP contribution < -0.4 is 5.73 Å². The predicted octanol–water partition coefficient (Wildman–Crippen LogP) is 2.99. The smallest absolute Gasteiger partial charge is 0.123 e. The fourth-order valence-electron chi connectivity index (χ4n) is 2.37. The molecule has 20 heavy (non-hydrogen) atoms. The highest BCUT2D eigenvalue weighted by molar-refractivity contribution is 9.10. The van der Waals surface area contributed by atoms with Crippen molar-refractivity contribution in [2.24, 2.45) is 18.7 Å². The Labute approximate surface area is 127 Å².